The fourth-order valence-electron chi connectivity index (χ4n) is 1.57. The minimum atomic E-state index is -0.0570. The highest BCUT2D eigenvalue weighted by atomic mass is 16.5. The largest absolute Gasteiger partial charge is 0.492 e. The molecule has 1 aromatic carbocycles. The summed E-state index contributed by atoms with van der Waals surface area (Å²) in [7, 11) is 1.71. The summed E-state index contributed by atoms with van der Waals surface area (Å²) in [5.41, 5.74) is 0.542. The third-order valence-corrected chi connectivity index (χ3v) is 2.60. The van der Waals surface area contributed by atoms with Gasteiger partial charge >= 0.3 is 5.69 Å². The van der Waals surface area contributed by atoms with E-state index in [9.17, 15) is 4.79 Å². The van der Waals surface area contributed by atoms with Crippen LogP contribution in [-0.2, 0) is 13.6 Å². The first kappa shape index (κ1) is 12.0. The second kappa shape index (κ2) is 5.23. The number of hydrogen-bond acceptors (Lipinski definition) is 3. The summed E-state index contributed by atoms with van der Waals surface area (Å²) in [4.78, 5) is 11.5. The monoisotopic (exact) mass is 243 g/mol. The van der Waals surface area contributed by atoms with Crippen LogP contribution in [0.15, 0.2) is 41.5 Å². The molecule has 1 heterocycles. The van der Waals surface area contributed by atoms with Gasteiger partial charge in [0.2, 0.25) is 0 Å². The maximum absolute atomic E-state index is 11.5. The molecule has 0 fully saturated rings. The SMILES string of the molecule is Cn1ccn(CCOc2ccc(C#N)cc2)c1=O. The summed E-state index contributed by atoms with van der Waals surface area (Å²) in [5.74, 6) is 0.693. The zero-order chi connectivity index (χ0) is 13.0. The highest BCUT2D eigenvalue weighted by Crippen LogP contribution is 2.11. The van der Waals surface area contributed by atoms with E-state index in [4.69, 9.17) is 10.00 Å². The Kier molecular flexibility index (Phi) is 3.49. The van der Waals surface area contributed by atoms with Crippen LogP contribution in [-0.4, -0.2) is 15.7 Å². The van der Waals surface area contributed by atoms with E-state index in [0.717, 1.165) is 0 Å². The first-order chi connectivity index (χ1) is 8.70. The lowest BCUT2D eigenvalue weighted by molar-refractivity contribution is 0.296. The van der Waals surface area contributed by atoms with Crippen molar-refractivity contribution in [3.8, 4) is 11.8 Å². The lowest BCUT2D eigenvalue weighted by Crippen LogP contribution is -2.24. The average Bonchev–Trinajstić information content (AvgIpc) is 2.71. The number of hydrogen-bond donors (Lipinski definition) is 0. The number of nitriles is 1. The minimum absolute atomic E-state index is 0.0570. The molecular weight excluding hydrogens is 230 g/mol. The molecule has 0 unspecified atom stereocenters. The summed E-state index contributed by atoms with van der Waals surface area (Å²) in [6.45, 7) is 0.912. The van der Waals surface area contributed by atoms with Crippen LogP contribution in [0.5, 0.6) is 5.75 Å². The van der Waals surface area contributed by atoms with Gasteiger partial charge in [-0.05, 0) is 24.3 Å². The Morgan fingerprint density at radius 1 is 1.28 bits per heavy atom. The fourth-order valence-corrected chi connectivity index (χ4v) is 1.57. The molecule has 5 nitrogen and oxygen atoms in total. The Morgan fingerprint density at radius 2 is 2.00 bits per heavy atom. The van der Waals surface area contributed by atoms with Gasteiger partial charge in [0, 0.05) is 19.4 Å². The quantitative estimate of drug-likeness (QED) is 0.809. The maximum atomic E-state index is 11.5. The highest BCUT2D eigenvalue weighted by molar-refractivity contribution is 5.34. The van der Waals surface area contributed by atoms with Gasteiger partial charge in [-0.3, -0.25) is 4.57 Å². The molecule has 0 radical (unpaired) electrons. The van der Waals surface area contributed by atoms with Crippen molar-refractivity contribution in [2.24, 2.45) is 7.05 Å². The number of rotatable bonds is 4. The second-order valence-electron chi connectivity index (χ2n) is 3.87. The molecule has 0 N–H and O–H groups in total. The zero-order valence-electron chi connectivity index (χ0n) is 10.0. The number of ether oxygens (including phenoxy) is 1. The predicted molar refractivity (Wildman–Crippen MR) is 66.3 cm³/mol. The van der Waals surface area contributed by atoms with Crippen LogP contribution in [0.1, 0.15) is 5.56 Å². The van der Waals surface area contributed by atoms with Gasteiger partial charge in [-0.2, -0.15) is 5.26 Å². The molecule has 5 heteroatoms. The number of aromatic nitrogens is 2. The molecular formula is C13H13N3O2. The van der Waals surface area contributed by atoms with E-state index in [-0.39, 0.29) is 5.69 Å². The molecule has 0 amide bonds. The average molecular weight is 243 g/mol. The Bertz CT molecular complexity index is 617. The predicted octanol–water partition coefficient (Wildman–Crippen LogP) is 1.14. The Hall–Kier alpha value is -2.48. The molecule has 0 aliphatic heterocycles. The summed E-state index contributed by atoms with van der Waals surface area (Å²) < 4.78 is 8.60. The summed E-state index contributed by atoms with van der Waals surface area (Å²) in [6.07, 6.45) is 3.44. The molecule has 0 atom stereocenters. The van der Waals surface area contributed by atoms with Crippen molar-refractivity contribution in [3.63, 3.8) is 0 Å². The first-order valence-corrected chi connectivity index (χ1v) is 5.55. The van der Waals surface area contributed by atoms with Crippen LogP contribution in [0.3, 0.4) is 0 Å². The van der Waals surface area contributed by atoms with Crippen LogP contribution in [0.2, 0.25) is 0 Å². The number of imidazole rings is 1. The van der Waals surface area contributed by atoms with Crippen LogP contribution in [0, 0.1) is 11.3 Å². The summed E-state index contributed by atoms with van der Waals surface area (Å²) in [6, 6.07) is 8.92. The van der Waals surface area contributed by atoms with E-state index in [1.807, 2.05) is 6.07 Å². The van der Waals surface area contributed by atoms with Crippen LogP contribution in [0.25, 0.3) is 0 Å². The maximum Gasteiger partial charge on any atom is 0.327 e. The third kappa shape index (κ3) is 2.61. The molecule has 0 aliphatic carbocycles. The Morgan fingerprint density at radius 3 is 2.56 bits per heavy atom. The van der Waals surface area contributed by atoms with Crippen LogP contribution < -0.4 is 10.4 Å². The molecule has 0 saturated carbocycles. The number of nitrogens with zero attached hydrogens (tertiary/aromatic N) is 3. The van der Waals surface area contributed by atoms with Gasteiger partial charge in [-0.15, -0.1) is 0 Å². The van der Waals surface area contributed by atoms with Crippen molar-refractivity contribution in [1.82, 2.24) is 9.13 Å². The number of aryl methyl sites for hydroxylation is 1. The summed E-state index contributed by atoms with van der Waals surface area (Å²) in [5, 5.41) is 8.65. The van der Waals surface area contributed by atoms with Gasteiger partial charge in [0.15, 0.2) is 0 Å². The molecule has 0 saturated heterocycles. The van der Waals surface area contributed by atoms with E-state index >= 15 is 0 Å². The van der Waals surface area contributed by atoms with E-state index in [1.165, 1.54) is 4.57 Å². The van der Waals surface area contributed by atoms with Gasteiger partial charge in [0.25, 0.3) is 0 Å². The van der Waals surface area contributed by atoms with Crippen molar-refractivity contribution >= 4 is 0 Å². The van der Waals surface area contributed by atoms with Crippen molar-refractivity contribution < 1.29 is 4.74 Å². The summed E-state index contributed by atoms with van der Waals surface area (Å²) >= 11 is 0. The van der Waals surface area contributed by atoms with Gasteiger partial charge in [-0.25, -0.2) is 4.79 Å². The second-order valence-corrected chi connectivity index (χ2v) is 3.87. The first-order valence-electron chi connectivity index (χ1n) is 5.55. The molecule has 1 aromatic heterocycles. The van der Waals surface area contributed by atoms with Gasteiger partial charge in [-0.1, -0.05) is 0 Å². The van der Waals surface area contributed by atoms with E-state index in [1.54, 1.807) is 48.3 Å². The molecule has 0 aliphatic rings. The Balaban J connectivity index is 1.90. The molecule has 18 heavy (non-hydrogen) atoms. The molecule has 92 valence electrons. The minimum Gasteiger partial charge on any atom is -0.492 e. The van der Waals surface area contributed by atoms with Crippen molar-refractivity contribution in [3.05, 3.63) is 52.7 Å². The van der Waals surface area contributed by atoms with E-state index in [2.05, 4.69) is 0 Å². The highest BCUT2D eigenvalue weighted by Gasteiger charge is 2.00. The zero-order valence-corrected chi connectivity index (χ0v) is 10.0. The van der Waals surface area contributed by atoms with Crippen molar-refractivity contribution in [2.45, 2.75) is 6.54 Å². The Labute approximate surface area is 104 Å². The van der Waals surface area contributed by atoms with Crippen LogP contribution >= 0.6 is 0 Å². The molecule has 2 aromatic rings. The van der Waals surface area contributed by atoms with E-state index in [0.29, 0.717) is 24.5 Å². The molecule has 0 spiro atoms. The van der Waals surface area contributed by atoms with Crippen molar-refractivity contribution in [2.75, 3.05) is 6.61 Å². The molecule has 2 rings (SSSR count). The number of benzene rings is 1. The normalized spacial score (nSPS) is 10.0. The lowest BCUT2D eigenvalue weighted by Gasteiger charge is -2.06. The van der Waals surface area contributed by atoms with Crippen LogP contribution in [0.4, 0.5) is 0 Å². The van der Waals surface area contributed by atoms with E-state index < -0.39 is 0 Å². The third-order valence-electron chi connectivity index (χ3n) is 2.60. The smallest absolute Gasteiger partial charge is 0.327 e. The topological polar surface area (TPSA) is 59.9 Å². The lowest BCUT2D eigenvalue weighted by atomic mass is 10.2. The standard InChI is InChI=1S/C13H13N3O2/c1-15-6-7-16(13(15)17)8-9-18-12-4-2-11(10-14)3-5-12/h2-7H,8-9H2,1H3. The molecule has 0 bridgehead atoms. The fraction of sp³-hybridized carbons (Fsp3) is 0.231. The van der Waals surface area contributed by atoms with Gasteiger partial charge < -0.3 is 9.30 Å². The van der Waals surface area contributed by atoms with Gasteiger partial charge in [0.1, 0.15) is 12.4 Å². The van der Waals surface area contributed by atoms with Gasteiger partial charge in [0.05, 0.1) is 18.2 Å². The van der Waals surface area contributed by atoms with Crippen molar-refractivity contribution in [1.29, 1.82) is 5.26 Å².